The average molecular weight is 493 g/mol. The Morgan fingerprint density at radius 2 is 1.81 bits per heavy atom. The van der Waals surface area contributed by atoms with Crippen LogP contribution in [0.4, 0.5) is 5.13 Å². The van der Waals surface area contributed by atoms with Gasteiger partial charge in [-0.05, 0) is 55.7 Å². The Morgan fingerprint density at radius 3 is 2.55 bits per heavy atom. The van der Waals surface area contributed by atoms with Gasteiger partial charge in [0.05, 0.1) is 25.9 Å². The van der Waals surface area contributed by atoms with E-state index in [9.17, 15) is 4.79 Å². The zero-order valence-corrected chi connectivity index (χ0v) is 21.0. The van der Waals surface area contributed by atoms with Crippen molar-refractivity contribution in [2.45, 2.75) is 18.7 Å². The van der Waals surface area contributed by atoms with Crippen molar-refractivity contribution in [3.8, 4) is 0 Å². The van der Waals surface area contributed by atoms with Crippen LogP contribution in [0.5, 0.6) is 0 Å². The first-order valence-electron chi connectivity index (χ1n) is 9.95. The fourth-order valence-electron chi connectivity index (χ4n) is 3.34. The lowest BCUT2D eigenvalue weighted by Gasteiger charge is -2.24. The molecule has 0 fully saturated rings. The number of thiazole rings is 2. The maximum absolute atomic E-state index is 13.6. The molecule has 31 heavy (non-hydrogen) atoms. The molecule has 2 aromatic carbocycles. The fourth-order valence-corrected chi connectivity index (χ4v) is 5.60. The van der Waals surface area contributed by atoms with Crippen molar-refractivity contribution < 1.29 is 4.79 Å². The molecule has 9 heteroatoms. The van der Waals surface area contributed by atoms with E-state index in [-0.39, 0.29) is 18.3 Å². The molecule has 0 bridgehead atoms. The lowest BCUT2D eigenvalue weighted by molar-refractivity contribution is 0.0984. The van der Waals surface area contributed by atoms with Crippen molar-refractivity contribution in [1.29, 1.82) is 0 Å². The standard InChI is InChI=1S/C22H24N4OS3.ClH/c1-4-25(5-2)10-11-26(21(27)15-6-8-17-19(12-15)29-14-23-17)22-24-18-9-7-16(28-3)13-20(18)30-22;/h6-9,12-14H,4-5,10-11H2,1-3H3;1H. The molecule has 0 atom stereocenters. The number of aromatic nitrogens is 2. The van der Waals surface area contributed by atoms with E-state index < -0.39 is 0 Å². The summed E-state index contributed by atoms with van der Waals surface area (Å²) in [5.74, 6) is -0.0124. The number of carbonyl (C=O) groups is 1. The Morgan fingerprint density at radius 1 is 1.03 bits per heavy atom. The van der Waals surface area contributed by atoms with Crippen molar-refractivity contribution in [3.05, 3.63) is 47.5 Å². The zero-order chi connectivity index (χ0) is 21.1. The van der Waals surface area contributed by atoms with Crippen LogP contribution in [-0.4, -0.2) is 53.2 Å². The largest absolute Gasteiger partial charge is 0.302 e. The molecule has 0 saturated carbocycles. The van der Waals surface area contributed by atoms with Crippen molar-refractivity contribution in [2.24, 2.45) is 0 Å². The van der Waals surface area contributed by atoms with Gasteiger partial charge in [0.1, 0.15) is 0 Å². The molecule has 0 aliphatic carbocycles. The lowest BCUT2D eigenvalue weighted by Crippen LogP contribution is -2.38. The summed E-state index contributed by atoms with van der Waals surface area (Å²) in [6.45, 7) is 7.64. The van der Waals surface area contributed by atoms with E-state index in [1.807, 2.05) is 34.7 Å². The van der Waals surface area contributed by atoms with Gasteiger partial charge in [-0.15, -0.1) is 35.5 Å². The first kappa shape index (κ1) is 23.9. The smallest absolute Gasteiger partial charge is 0.260 e. The molecule has 164 valence electrons. The SMILES string of the molecule is CCN(CC)CCN(C(=O)c1ccc2ncsc2c1)c1nc2ccc(SC)cc2s1.Cl. The van der Waals surface area contributed by atoms with Crippen molar-refractivity contribution in [2.75, 3.05) is 37.3 Å². The molecule has 0 N–H and O–H groups in total. The zero-order valence-electron chi connectivity index (χ0n) is 17.7. The summed E-state index contributed by atoms with van der Waals surface area (Å²) in [6.07, 6.45) is 2.07. The lowest BCUT2D eigenvalue weighted by atomic mass is 10.2. The molecule has 0 aliphatic rings. The number of likely N-dealkylation sites (N-methyl/N-ethyl adjacent to an activating group) is 1. The summed E-state index contributed by atoms with van der Waals surface area (Å²) in [4.78, 5) is 28.0. The highest BCUT2D eigenvalue weighted by Gasteiger charge is 2.22. The minimum Gasteiger partial charge on any atom is -0.302 e. The number of amides is 1. The summed E-state index contributed by atoms with van der Waals surface area (Å²) in [5.41, 5.74) is 4.35. The van der Waals surface area contributed by atoms with Gasteiger partial charge < -0.3 is 4.90 Å². The number of carbonyl (C=O) groups excluding carboxylic acids is 1. The number of nitrogens with zero attached hydrogens (tertiary/aromatic N) is 4. The molecule has 0 spiro atoms. The summed E-state index contributed by atoms with van der Waals surface area (Å²) >= 11 is 4.85. The predicted octanol–water partition coefficient (Wildman–Crippen LogP) is 6.04. The molecule has 0 saturated heterocycles. The second kappa shape index (κ2) is 10.7. The quantitative estimate of drug-likeness (QED) is 0.281. The van der Waals surface area contributed by atoms with Crippen LogP contribution in [0.3, 0.4) is 0 Å². The molecular formula is C22H25ClN4OS3. The maximum Gasteiger partial charge on any atom is 0.260 e. The van der Waals surface area contributed by atoms with Gasteiger partial charge in [-0.1, -0.05) is 25.2 Å². The summed E-state index contributed by atoms with van der Waals surface area (Å²) in [6, 6.07) is 12.0. The number of fused-ring (bicyclic) bond motifs is 2. The van der Waals surface area contributed by atoms with Gasteiger partial charge in [0.2, 0.25) is 0 Å². The van der Waals surface area contributed by atoms with Crippen molar-refractivity contribution in [1.82, 2.24) is 14.9 Å². The molecule has 1 amide bonds. The summed E-state index contributed by atoms with van der Waals surface area (Å²) in [7, 11) is 0. The van der Waals surface area contributed by atoms with E-state index in [1.54, 1.807) is 34.4 Å². The van der Waals surface area contributed by atoms with Crippen LogP contribution in [0.15, 0.2) is 46.8 Å². The number of benzene rings is 2. The van der Waals surface area contributed by atoms with Gasteiger partial charge in [-0.3, -0.25) is 9.69 Å². The first-order chi connectivity index (χ1) is 14.6. The minimum atomic E-state index is -0.0124. The Balaban J connectivity index is 0.00000272. The van der Waals surface area contributed by atoms with Gasteiger partial charge in [0.15, 0.2) is 5.13 Å². The molecule has 0 unspecified atom stereocenters. The third-order valence-electron chi connectivity index (χ3n) is 5.17. The Kier molecular flexibility index (Phi) is 8.30. The maximum atomic E-state index is 13.6. The monoisotopic (exact) mass is 492 g/mol. The molecule has 0 aliphatic heterocycles. The number of rotatable bonds is 8. The molecule has 0 radical (unpaired) electrons. The number of hydrogen-bond acceptors (Lipinski definition) is 7. The summed E-state index contributed by atoms with van der Waals surface area (Å²) < 4.78 is 2.13. The van der Waals surface area contributed by atoms with Gasteiger partial charge in [0.25, 0.3) is 5.91 Å². The fraction of sp³-hybridized carbons (Fsp3) is 0.318. The van der Waals surface area contributed by atoms with Gasteiger partial charge in [0, 0.05) is 23.5 Å². The van der Waals surface area contributed by atoms with Crippen LogP contribution >= 0.6 is 46.8 Å². The van der Waals surface area contributed by atoms with E-state index in [4.69, 9.17) is 4.98 Å². The van der Waals surface area contributed by atoms with E-state index in [0.717, 1.165) is 45.2 Å². The normalized spacial score (nSPS) is 11.2. The molecule has 2 aromatic heterocycles. The molecule has 2 heterocycles. The van der Waals surface area contributed by atoms with Crippen LogP contribution in [0, 0.1) is 0 Å². The van der Waals surface area contributed by atoms with E-state index in [1.165, 1.54) is 4.90 Å². The highest BCUT2D eigenvalue weighted by molar-refractivity contribution is 7.98. The van der Waals surface area contributed by atoms with Crippen molar-refractivity contribution in [3.63, 3.8) is 0 Å². The number of thioether (sulfide) groups is 1. The first-order valence-corrected chi connectivity index (χ1v) is 12.9. The summed E-state index contributed by atoms with van der Waals surface area (Å²) in [5, 5.41) is 0.754. The highest BCUT2D eigenvalue weighted by Crippen LogP contribution is 2.32. The van der Waals surface area contributed by atoms with Crippen LogP contribution in [0.25, 0.3) is 20.4 Å². The third-order valence-corrected chi connectivity index (χ3v) is 7.73. The topological polar surface area (TPSA) is 49.3 Å². The van der Waals surface area contributed by atoms with Crippen LogP contribution in [0.1, 0.15) is 24.2 Å². The van der Waals surface area contributed by atoms with Gasteiger partial charge >= 0.3 is 0 Å². The predicted molar refractivity (Wildman–Crippen MR) is 138 cm³/mol. The molecule has 5 nitrogen and oxygen atoms in total. The Hall–Kier alpha value is -1.71. The molecular weight excluding hydrogens is 468 g/mol. The molecule has 4 rings (SSSR count). The van der Waals surface area contributed by atoms with Crippen LogP contribution < -0.4 is 4.90 Å². The number of hydrogen-bond donors (Lipinski definition) is 0. The third kappa shape index (κ3) is 5.21. The van der Waals surface area contributed by atoms with E-state index in [2.05, 4.69) is 42.1 Å². The van der Waals surface area contributed by atoms with Crippen LogP contribution in [-0.2, 0) is 0 Å². The van der Waals surface area contributed by atoms with Crippen molar-refractivity contribution >= 4 is 78.3 Å². The average Bonchev–Trinajstić information content (AvgIpc) is 3.41. The second-order valence-electron chi connectivity index (χ2n) is 6.85. The highest BCUT2D eigenvalue weighted by atomic mass is 35.5. The van der Waals surface area contributed by atoms with Gasteiger partial charge in [-0.2, -0.15) is 0 Å². The van der Waals surface area contributed by atoms with Gasteiger partial charge in [-0.25, -0.2) is 9.97 Å². The molecule has 4 aromatic rings. The van der Waals surface area contributed by atoms with Crippen LogP contribution in [0.2, 0.25) is 0 Å². The Labute approximate surface area is 200 Å². The number of anilines is 1. The second-order valence-corrected chi connectivity index (χ2v) is 9.62. The number of halogens is 1. The van der Waals surface area contributed by atoms with E-state index >= 15 is 0 Å². The Bertz CT molecular complexity index is 1170. The van der Waals surface area contributed by atoms with E-state index in [0.29, 0.717) is 12.1 Å². The minimum absolute atomic E-state index is 0.